The molecular formula is C9H12O3. The Hall–Kier alpha value is -0.860. The van der Waals surface area contributed by atoms with Gasteiger partial charge < -0.3 is 4.74 Å². The summed E-state index contributed by atoms with van der Waals surface area (Å²) in [4.78, 5) is 22.6. The van der Waals surface area contributed by atoms with Gasteiger partial charge in [-0.1, -0.05) is 6.92 Å². The maximum absolute atomic E-state index is 11.5. The first-order valence-electron chi connectivity index (χ1n) is 4.40. The largest absolute Gasteiger partial charge is 0.465 e. The highest BCUT2D eigenvalue weighted by molar-refractivity contribution is 6.01. The van der Waals surface area contributed by atoms with Crippen molar-refractivity contribution < 1.29 is 14.3 Å². The summed E-state index contributed by atoms with van der Waals surface area (Å²) in [7, 11) is 0. The summed E-state index contributed by atoms with van der Waals surface area (Å²) in [5.41, 5.74) is 0. The van der Waals surface area contributed by atoms with Crippen molar-refractivity contribution in [3.05, 3.63) is 0 Å². The molecule has 0 amide bonds. The first kappa shape index (κ1) is 7.77. The molecule has 0 spiro atoms. The molecule has 0 radical (unpaired) electrons. The predicted molar refractivity (Wildman–Crippen MR) is 41.3 cm³/mol. The lowest BCUT2D eigenvalue weighted by atomic mass is 9.75. The second kappa shape index (κ2) is 2.57. The molecule has 2 fully saturated rings. The summed E-state index contributed by atoms with van der Waals surface area (Å²) in [6.45, 7) is 2.35. The molecule has 3 nitrogen and oxygen atoms in total. The van der Waals surface area contributed by atoms with E-state index in [0.717, 1.165) is 12.8 Å². The van der Waals surface area contributed by atoms with Crippen molar-refractivity contribution >= 4 is 11.8 Å². The highest BCUT2D eigenvalue weighted by Gasteiger charge is 2.46. The number of ketones is 1. The summed E-state index contributed by atoms with van der Waals surface area (Å²) in [5.74, 6) is -0.392. The van der Waals surface area contributed by atoms with Gasteiger partial charge in [-0.2, -0.15) is 0 Å². The van der Waals surface area contributed by atoms with E-state index in [4.69, 9.17) is 4.74 Å². The molecule has 3 heteroatoms. The number of carbonyl (C=O) groups excluding carboxylic acids is 2. The van der Waals surface area contributed by atoms with E-state index in [1.54, 1.807) is 0 Å². The van der Waals surface area contributed by atoms with Crippen LogP contribution in [0.5, 0.6) is 0 Å². The van der Waals surface area contributed by atoms with Crippen molar-refractivity contribution in [2.45, 2.75) is 19.8 Å². The van der Waals surface area contributed by atoms with Crippen LogP contribution in [0.3, 0.4) is 0 Å². The molecule has 0 aromatic heterocycles. The van der Waals surface area contributed by atoms with Gasteiger partial charge in [0, 0.05) is 11.8 Å². The average Bonchev–Trinajstić information content (AvgIpc) is 2.41. The van der Waals surface area contributed by atoms with Crippen LogP contribution in [0.4, 0.5) is 0 Å². The Kier molecular flexibility index (Phi) is 1.67. The van der Waals surface area contributed by atoms with Gasteiger partial charge in [0.1, 0.15) is 11.7 Å². The molecule has 3 atom stereocenters. The number of carbonyl (C=O) groups is 2. The van der Waals surface area contributed by atoms with Crippen molar-refractivity contribution in [2.75, 3.05) is 6.61 Å². The normalized spacial score (nSPS) is 40.9. The molecule has 1 aliphatic heterocycles. The smallest absolute Gasteiger partial charge is 0.316 e. The Morgan fingerprint density at radius 3 is 2.83 bits per heavy atom. The van der Waals surface area contributed by atoms with Crippen LogP contribution in [0.2, 0.25) is 0 Å². The van der Waals surface area contributed by atoms with Gasteiger partial charge in [0.25, 0.3) is 0 Å². The first-order valence-corrected chi connectivity index (χ1v) is 4.40. The van der Waals surface area contributed by atoms with E-state index in [1.165, 1.54) is 0 Å². The topological polar surface area (TPSA) is 43.4 Å². The maximum Gasteiger partial charge on any atom is 0.316 e. The van der Waals surface area contributed by atoms with Crippen LogP contribution in [0.15, 0.2) is 0 Å². The van der Waals surface area contributed by atoms with Crippen molar-refractivity contribution in [1.29, 1.82) is 0 Å². The van der Waals surface area contributed by atoms with Crippen LogP contribution in [0.1, 0.15) is 19.8 Å². The fraction of sp³-hybridized carbons (Fsp3) is 0.778. The Morgan fingerprint density at radius 2 is 2.08 bits per heavy atom. The summed E-state index contributed by atoms with van der Waals surface area (Å²) in [6, 6.07) is 0. The number of Topliss-reactive ketones (excluding diaryl/α,β-unsaturated/α-hetero) is 1. The quantitative estimate of drug-likeness (QED) is 0.396. The lowest BCUT2D eigenvalue weighted by Gasteiger charge is -2.24. The van der Waals surface area contributed by atoms with Crippen LogP contribution in [0, 0.1) is 17.8 Å². The maximum atomic E-state index is 11.5. The highest BCUT2D eigenvalue weighted by Crippen LogP contribution is 2.35. The minimum atomic E-state index is -0.422. The molecule has 1 aliphatic carbocycles. The summed E-state index contributed by atoms with van der Waals surface area (Å²) in [5, 5.41) is 0. The van der Waals surface area contributed by atoms with E-state index < -0.39 is 5.92 Å². The molecule has 2 rings (SSSR count). The molecule has 3 unspecified atom stereocenters. The molecule has 1 saturated carbocycles. The third-order valence-electron chi connectivity index (χ3n) is 2.93. The van der Waals surface area contributed by atoms with E-state index in [1.807, 2.05) is 6.92 Å². The second-order valence-electron chi connectivity index (χ2n) is 3.75. The van der Waals surface area contributed by atoms with Crippen LogP contribution >= 0.6 is 0 Å². The van der Waals surface area contributed by atoms with E-state index in [0.29, 0.717) is 6.61 Å². The Bertz CT molecular complexity index is 234. The fourth-order valence-electron chi connectivity index (χ4n) is 2.08. The SMILES string of the molecule is CC1CCC2COC(=O)C2C1=O. The van der Waals surface area contributed by atoms with Crippen molar-refractivity contribution in [1.82, 2.24) is 0 Å². The van der Waals surface area contributed by atoms with Crippen molar-refractivity contribution in [3.8, 4) is 0 Å². The number of hydrogen-bond acceptors (Lipinski definition) is 3. The third kappa shape index (κ3) is 0.958. The number of rotatable bonds is 0. The molecular weight excluding hydrogens is 156 g/mol. The van der Waals surface area contributed by atoms with Crippen molar-refractivity contribution in [3.63, 3.8) is 0 Å². The summed E-state index contributed by atoms with van der Waals surface area (Å²) >= 11 is 0. The van der Waals surface area contributed by atoms with Gasteiger partial charge >= 0.3 is 5.97 Å². The molecule has 2 aliphatic rings. The zero-order valence-electron chi connectivity index (χ0n) is 7.08. The van der Waals surface area contributed by atoms with Gasteiger partial charge in [-0.3, -0.25) is 9.59 Å². The van der Waals surface area contributed by atoms with E-state index >= 15 is 0 Å². The molecule has 0 aromatic rings. The molecule has 66 valence electrons. The first-order chi connectivity index (χ1) is 5.70. The van der Waals surface area contributed by atoms with Gasteiger partial charge in [0.15, 0.2) is 0 Å². The predicted octanol–water partition coefficient (Wildman–Crippen LogP) is 0.775. The van der Waals surface area contributed by atoms with Crippen LogP contribution in [0.25, 0.3) is 0 Å². The van der Waals surface area contributed by atoms with Gasteiger partial charge in [-0.25, -0.2) is 0 Å². The fourth-order valence-corrected chi connectivity index (χ4v) is 2.08. The zero-order chi connectivity index (χ0) is 8.72. The Labute approximate surface area is 71.1 Å². The van der Waals surface area contributed by atoms with Crippen LogP contribution in [-0.4, -0.2) is 18.4 Å². The Morgan fingerprint density at radius 1 is 1.33 bits per heavy atom. The van der Waals surface area contributed by atoms with Gasteiger partial charge in [0.05, 0.1) is 6.61 Å². The molecule has 12 heavy (non-hydrogen) atoms. The monoisotopic (exact) mass is 168 g/mol. The zero-order valence-corrected chi connectivity index (χ0v) is 7.08. The highest BCUT2D eigenvalue weighted by atomic mass is 16.5. The summed E-state index contributed by atoms with van der Waals surface area (Å²) in [6.07, 6.45) is 1.87. The molecule has 1 heterocycles. The van der Waals surface area contributed by atoms with E-state index in [-0.39, 0.29) is 23.6 Å². The summed E-state index contributed by atoms with van der Waals surface area (Å²) < 4.78 is 4.86. The number of ether oxygens (including phenoxy) is 1. The van der Waals surface area contributed by atoms with Gasteiger partial charge in [-0.15, -0.1) is 0 Å². The molecule has 0 N–H and O–H groups in total. The number of hydrogen-bond donors (Lipinski definition) is 0. The standard InChI is InChI=1S/C9H12O3/c1-5-2-3-6-4-12-9(11)7(6)8(5)10/h5-7H,2-4H2,1H3. The lowest BCUT2D eigenvalue weighted by Crippen LogP contribution is -2.34. The number of fused-ring (bicyclic) bond motifs is 1. The lowest BCUT2D eigenvalue weighted by molar-refractivity contribution is -0.146. The molecule has 1 saturated heterocycles. The van der Waals surface area contributed by atoms with Crippen LogP contribution < -0.4 is 0 Å². The van der Waals surface area contributed by atoms with E-state index in [2.05, 4.69) is 0 Å². The third-order valence-corrected chi connectivity index (χ3v) is 2.93. The molecule has 0 bridgehead atoms. The van der Waals surface area contributed by atoms with Gasteiger partial charge in [-0.05, 0) is 12.8 Å². The van der Waals surface area contributed by atoms with E-state index in [9.17, 15) is 9.59 Å². The van der Waals surface area contributed by atoms with Gasteiger partial charge in [0.2, 0.25) is 0 Å². The minimum absolute atomic E-state index is 0.0527. The number of esters is 1. The number of cyclic esters (lactones) is 1. The Balaban J connectivity index is 2.22. The average molecular weight is 168 g/mol. The second-order valence-corrected chi connectivity index (χ2v) is 3.75. The molecule has 0 aromatic carbocycles. The van der Waals surface area contributed by atoms with Crippen molar-refractivity contribution in [2.24, 2.45) is 17.8 Å². The minimum Gasteiger partial charge on any atom is -0.465 e. The van der Waals surface area contributed by atoms with Crippen LogP contribution in [-0.2, 0) is 14.3 Å².